The monoisotopic (exact) mass is 583 g/mol. The van der Waals surface area contributed by atoms with E-state index in [4.69, 9.17) is 0 Å². The van der Waals surface area contributed by atoms with Crippen LogP contribution in [0.2, 0.25) is 0 Å². The third-order valence-electron chi connectivity index (χ3n) is 8.25. The van der Waals surface area contributed by atoms with Gasteiger partial charge in [0.1, 0.15) is 13.1 Å². The molecule has 0 spiro atoms. The fraction of sp³-hybridized carbons (Fsp3) is 0.800. The van der Waals surface area contributed by atoms with Crippen LogP contribution in [0.3, 0.4) is 0 Å². The average molecular weight is 583 g/mol. The van der Waals surface area contributed by atoms with E-state index in [1.807, 2.05) is 0 Å². The second-order valence-corrected chi connectivity index (χ2v) is 15.4. The van der Waals surface area contributed by atoms with Crippen molar-refractivity contribution in [2.75, 3.05) is 42.3 Å². The van der Waals surface area contributed by atoms with E-state index in [9.17, 15) is 0 Å². The largest absolute Gasteiger partial charge is 0.327 e. The van der Waals surface area contributed by atoms with Crippen LogP contribution in [0.4, 0.5) is 0 Å². The molecule has 1 rings (SSSR count). The van der Waals surface area contributed by atoms with Crippen molar-refractivity contribution in [3.05, 3.63) is 34.9 Å². The molecule has 2 heteroatoms. The first-order valence-corrected chi connectivity index (χ1v) is 18.3. The van der Waals surface area contributed by atoms with E-state index in [2.05, 4.69) is 79.2 Å². The maximum atomic E-state index is 3.50. The first-order chi connectivity index (χ1) is 20.1. The first kappa shape index (κ1) is 38.7. The minimum atomic E-state index is 0.945. The Morgan fingerprint density at radius 1 is 0.429 bits per heavy atom. The van der Waals surface area contributed by atoms with Gasteiger partial charge in [0.2, 0.25) is 0 Å². The van der Waals surface area contributed by atoms with Gasteiger partial charge < -0.3 is 8.97 Å². The molecule has 42 heavy (non-hydrogen) atoms. The van der Waals surface area contributed by atoms with Crippen LogP contribution in [0.1, 0.15) is 171 Å². The van der Waals surface area contributed by atoms with Gasteiger partial charge in [-0.3, -0.25) is 0 Å². The number of hydrogen-bond acceptors (Lipinski definition) is 0. The van der Waals surface area contributed by atoms with Gasteiger partial charge in [-0.25, -0.2) is 0 Å². The number of hydrogen-bond donors (Lipinski definition) is 0. The molecular weight excluding hydrogens is 508 g/mol. The molecule has 0 bridgehead atoms. The molecule has 1 aromatic carbocycles. The molecule has 0 aliphatic heterocycles. The van der Waals surface area contributed by atoms with E-state index in [1.165, 1.54) is 158 Å². The number of benzene rings is 1. The minimum Gasteiger partial charge on any atom is -0.327 e. The zero-order valence-electron chi connectivity index (χ0n) is 29.8. The van der Waals surface area contributed by atoms with E-state index in [0.717, 1.165) is 28.5 Å². The van der Waals surface area contributed by atoms with Crippen LogP contribution in [-0.4, -0.2) is 51.3 Å². The highest BCUT2D eigenvalue weighted by atomic mass is 15.3. The van der Waals surface area contributed by atoms with Crippen LogP contribution < -0.4 is 0 Å². The summed E-state index contributed by atoms with van der Waals surface area (Å²) in [5.41, 5.74) is 4.01. The van der Waals surface area contributed by atoms with Crippen molar-refractivity contribution in [3.63, 3.8) is 0 Å². The summed E-state index contributed by atoms with van der Waals surface area (Å²) >= 11 is 0. The molecule has 0 saturated carbocycles. The predicted octanol–water partition coefficient (Wildman–Crippen LogP) is 11.4. The third kappa shape index (κ3) is 25.2. The number of nitrogens with zero attached hydrogens (tertiary/aromatic N) is 2. The van der Waals surface area contributed by atoms with Crippen LogP contribution in [0.15, 0.2) is 18.2 Å². The second-order valence-electron chi connectivity index (χ2n) is 15.4. The Kier molecular flexibility index (Phi) is 22.2. The lowest BCUT2D eigenvalue weighted by Crippen LogP contribution is -2.34. The van der Waals surface area contributed by atoms with E-state index in [0.29, 0.717) is 0 Å². The Morgan fingerprint density at radius 2 is 0.738 bits per heavy atom. The summed E-state index contributed by atoms with van der Waals surface area (Å²) < 4.78 is 1.89. The normalized spacial score (nSPS) is 12.0. The smallest absolute Gasteiger partial charge is 0.104 e. The highest BCUT2D eigenvalue weighted by Gasteiger charge is 2.14. The topological polar surface area (TPSA) is 0 Å². The number of unbranched alkanes of at least 4 members (excludes halogenated alkanes) is 22. The van der Waals surface area contributed by atoms with Gasteiger partial charge in [-0.15, -0.1) is 0 Å². The molecule has 0 amide bonds. The summed E-state index contributed by atoms with van der Waals surface area (Å²) in [5.74, 6) is 6.98. The van der Waals surface area contributed by atoms with Crippen molar-refractivity contribution in [1.82, 2.24) is 0 Å². The standard InChI is InChI=1S/C40H74N2/c1-8-9-10-11-12-13-14-15-16-17-18-19-20-21-22-23-24-25-26-27-28-29-30-31-32-38-33-39(36-41(2,3)4)35-40(34-38)37-42(5,6)7/h33-35H,8-30,36-37H2,1-7H3/q+2. The third-order valence-corrected chi connectivity index (χ3v) is 8.25. The molecule has 242 valence electrons. The summed E-state index contributed by atoms with van der Waals surface area (Å²) in [6, 6.07) is 7.01. The molecule has 1 aromatic rings. The lowest BCUT2D eigenvalue weighted by atomic mass is 10.0. The van der Waals surface area contributed by atoms with E-state index in [1.54, 1.807) is 0 Å². The molecule has 0 aliphatic carbocycles. The Hall–Kier alpha value is -1.30. The van der Waals surface area contributed by atoms with Gasteiger partial charge in [0, 0.05) is 23.1 Å². The van der Waals surface area contributed by atoms with Crippen LogP contribution >= 0.6 is 0 Å². The van der Waals surface area contributed by atoms with Crippen molar-refractivity contribution < 1.29 is 8.97 Å². The lowest BCUT2D eigenvalue weighted by molar-refractivity contribution is -0.884. The fourth-order valence-corrected chi connectivity index (χ4v) is 6.10. The maximum Gasteiger partial charge on any atom is 0.104 e. The first-order valence-electron chi connectivity index (χ1n) is 18.3. The average Bonchev–Trinajstić information content (AvgIpc) is 2.89. The molecule has 0 N–H and O–H groups in total. The van der Waals surface area contributed by atoms with Crippen molar-refractivity contribution in [3.8, 4) is 11.8 Å². The fourth-order valence-electron chi connectivity index (χ4n) is 6.10. The molecule has 0 radical (unpaired) electrons. The van der Waals surface area contributed by atoms with Crippen LogP contribution in [0.5, 0.6) is 0 Å². The molecule has 0 fully saturated rings. The van der Waals surface area contributed by atoms with Gasteiger partial charge in [0.25, 0.3) is 0 Å². The lowest BCUT2D eigenvalue weighted by Gasteiger charge is -2.26. The molecule has 0 heterocycles. The van der Waals surface area contributed by atoms with Gasteiger partial charge >= 0.3 is 0 Å². The number of rotatable bonds is 26. The van der Waals surface area contributed by atoms with Crippen LogP contribution in [0.25, 0.3) is 0 Å². The molecule has 0 saturated heterocycles. The van der Waals surface area contributed by atoms with Gasteiger partial charge in [-0.05, 0) is 24.6 Å². The summed E-state index contributed by atoms with van der Waals surface area (Å²) in [6.45, 7) is 4.39. The molecule has 0 unspecified atom stereocenters. The molecule has 2 nitrogen and oxygen atoms in total. The highest BCUT2D eigenvalue weighted by Crippen LogP contribution is 2.18. The quantitative estimate of drug-likeness (QED) is 0.0579. The van der Waals surface area contributed by atoms with Crippen molar-refractivity contribution in [2.24, 2.45) is 0 Å². The summed E-state index contributed by atoms with van der Waals surface area (Å²) in [7, 11) is 13.6. The van der Waals surface area contributed by atoms with Crippen LogP contribution in [0, 0.1) is 11.8 Å². The summed E-state index contributed by atoms with van der Waals surface area (Å²) in [6.07, 6.45) is 32.6. The van der Waals surface area contributed by atoms with E-state index < -0.39 is 0 Å². The maximum absolute atomic E-state index is 3.50. The molecular formula is C40H74N2+2. The number of quaternary nitrogens is 2. The van der Waals surface area contributed by atoms with Gasteiger partial charge in [-0.2, -0.15) is 0 Å². The zero-order valence-corrected chi connectivity index (χ0v) is 29.8. The molecule has 0 aromatic heterocycles. The predicted molar refractivity (Wildman–Crippen MR) is 189 cm³/mol. The molecule has 0 atom stereocenters. The summed E-state index contributed by atoms with van der Waals surface area (Å²) in [5, 5.41) is 0. The Morgan fingerprint density at radius 3 is 1.05 bits per heavy atom. The molecule has 0 aliphatic rings. The van der Waals surface area contributed by atoms with Gasteiger partial charge in [0.15, 0.2) is 0 Å². The van der Waals surface area contributed by atoms with Crippen molar-refractivity contribution >= 4 is 0 Å². The SMILES string of the molecule is CCCCCCCCCCCCCCCCCCCCCCCCC#Cc1cc(C[N+](C)(C)C)cc(C[N+](C)(C)C)c1. The Bertz CT molecular complexity index is 796. The minimum absolute atomic E-state index is 0.945. The Balaban J connectivity index is 2.01. The second kappa shape index (κ2) is 24.1. The van der Waals surface area contributed by atoms with Gasteiger partial charge in [0.05, 0.1) is 42.3 Å². The van der Waals surface area contributed by atoms with Crippen molar-refractivity contribution in [2.45, 2.75) is 168 Å². The van der Waals surface area contributed by atoms with Crippen LogP contribution in [-0.2, 0) is 13.1 Å². The highest BCUT2D eigenvalue weighted by molar-refractivity contribution is 5.40. The summed E-state index contributed by atoms with van der Waals surface area (Å²) in [4.78, 5) is 0. The van der Waals surface area contributed by atoms with Crippen molar-refractivity contribution in [1.29, 1.82) is 0 Å². The van der Waals surface area contributed by atoms with E-state index in [-0.39, 0.29) is 0 Å². The Labute approximate surface area is 265 Å². The van der Waals surface area contributed by atoms with Gasteiger partial charge in [-0.1, -0.05) is 154 Å². The van der Waals surface area contributed by atoms with E-state index >= 15 is 0 Å². The zero-order chi connectivity index (χ0) is 30.9.